The summed E-state index contributed by atoms with van der Waals surface area (Å²) in [5.74, 6) is 1.32. The number of halogens is 1. The molecule has 0 saturated heterocycles. The van der Waals surface area contributed by atoms with Crippen LogP contribution in [0.25, 0.3) is 0 Å². The zero-order valence-electron chi connectivity index (χ0n) is 22.1. The highest BCUT2D eigenvalue weighted by Gasteiger charge is 2.31. The van der Waals surface area contributed by atoms with Crippen LogP contribution in [0.4, 0.5) is 10.1 Å². The predicted octanol–water partition coefficient (Wildman–Crippen LogP) is 4.11. The number of amides is 1. The summed E-state index contributed by atoms with van der Waals surface area (Å²) >= 11 is 1.45. The molecule has 1 amide bonds. The molecule has 0 unspecified atom stereocenters. The second kappa shape index (κ2) is 13.9. The number of sulfonamides is 1. The zero-order chi connectivity index (χ0) is 28.4. The van der Waals surface area contributed by atoms with Gasteiger partial charge in [0.1, 0.15) is 23.9 Å². The Kier molecular flexibility index (Phi) is 10.7. The fourth-order valence-electron chi connectivity index (χ4n) is 3.64. The second-order valence-corrected chi connectivity index (χ2v) is 11.0. The number of anilines is 1. The molecular weight excluding hydrogens is 547 g/mol. The third-order valence-electron chi connectivity index (χ3n) is 5.67. The highest BCUT2D eigenvalue weighted by atomic mass is 32.2. The van der Waals surface area contributed by atoms with E-state index in [0.717, 1.165) is 4.31 Å². The summed E-state index contributed by atoms with van der Waals surface area (Å²) in [5, 5.41) is 2.74. The van der Waals surface area contributed by atoms with Crippen LogP contribution < -0.4 is 28.6 Å². The monoisotopic (exact) mass is 578 g/mol. The van der Waals surface area contributed by atoms with Crippen LogP contribution in [0, 0.1) is 5.82 Å². The van der Waals surface area contributed by atoms with Crippen LogP contribution >= 0.6 is 11.8 Å². The topological polar surface area (TPSA) is 103 Å². The molecule has 3 aromatic carbocycles. The summed E-state index contributed by atoms with van der Waals surface area (Å²) in [6.45, 7) is -0.268. The number of carbonyl (C=O) groups excluding carboxylic acids is 1. The van der Waals surface area contributed by atoms with E-state index in [2.05, 4.69) is 5.32 Å². The van der Waals surface area contributed by atoms with E-state index in [1.807, 2.05) is 0 Å². The minimum atomic E-state index is -4.29. The Morgan fingerprint density at radius 2 is 1.59 bits per heavy atom. The minimum Gasteiger partial charge on any atom is -0.497 e. The first-order chi connectivity index (χ1) is 18.7. The van der Waals surface area contributed by atoms with Crippen molar-refractivity contribution >= 4 is 33.4 Å². The fourth-order valence-corrected chi connectivity index (χ4v) is 5.93. The van der Waals surface area contributed by atoms with Crippen LogP contribution in [-0.4, -0.2) is 61.6 Å². The van der Waals surface area contributed by atoms with E-state index in [-0.39, 0.29) is 34.4 Å². The molecule has 12 heteroatoms. The lowest BCUT2D eigenvalue weighted by atomic mass is 10.2. The van der Waals surface area contributed by atoms with Gasteiger partial charge in [-0.1, -0.05) is 18.2 Å². The van der Waals surface area contributed by atoms with Crippen molar-refractivity contribution in [3.8, 4) is 23.0 Å². The molecule has 0 aliphatic heterocycles. The molecule has 0 radical (unpaired) electrons. The number of nitrogens with one attached hydrogen (secondary N) is 1. The highest BCUT2D eigenvalue weighted by molar-refractivity contribution is 7.98. The number of nitrogens with zero attached hydrogens (tertiary/aromatic N) is 1. The molecule has 0 aliphatic carbocycles. The molecule has 0 aromatic heterocycles. The van der Waals surface area contributed by atoms with Gasteiger partial charge < -0.3 is 24.3 Å². The predicted molar refractivity (Wildman–Crippen MR) is 149 cm³/mol. The van der Waals surface area contributed by atoms with Gasteiger partial charge in [-0.05, 0) is 35.9 Å². The molecule has 1 N–H and O–H groups in total. The van der Waals surface area contributed by atoms with Crippen molar-refractivity contribution in [2.75, 3.05) is 51.6 Å². The van der Waals surface area contributed by atoms with E-state index in [9.17, 15) is 17.6 Å². The van der Waals surface area contributed by atoms with E-state index in [1.165, 1.54) is 70.5 Å². The molecule has 0 aliphatic rings. The molecular formula is C27H31FN2O7S2. The molecule has 0 atom stereocenters. The lowest BCUT2D eigenvalue weighted by molar-refractivity contribution is -0.119. The van der Waals surface area contributed by atoms with Gasteiger partial charge in [0, 0.05) is 30.2 Å². The summed E-state index contributed by atoms with van der Waals surface area (Å²) in [5.41, 5.74) is 0.696. The van der Waals surface area contributed by atoms with E-state index >= 15 is 0 Å². The van der Waals surface area contributed by atoms with Crippen LogP contribution in [0.3, 0.4) is 0 Å². The van der Waals surface area contributed by atoms with Gasteiger partial charge >= 0.3 is 0 Å². The molecule has 39 heavy (non-hydrogen) atoms. The standard InChI is InChI=1S/C27H31FN2O7S2/c1-34-20-9-11-24(35-2)23(15-20)30(39(32,33)21-10-12-25(36-3)26(16-21)37-4)17-27(31)29-13-14-38-18-19-7-5-6-8-22(19)28/h5-12,15-16H,13-14,17-18H2,1-4H3,(H,29,31). The van der Waals surface area contributed by atoms with Gasteiger partial charge in [-0.25, -0.2) is 12.8 Å². The number of hydrogen-bond donors (Lipinski definition) is 1. The summed E-state index contributed by atoms with van der Waals surface area (Å²) in [6.07, 6.45) is 0. The van der Waals surface area contributed by atoms with Crippen molar-refractivity contribution in [2.24, 2.45) is 0 Å². The van der Waals surface area contributed by atoms with E-state index in [1.54, 1.807) is 30.3 Å². The van der Waals surface area contributed by atoms with Crippen LogP contribution in [0.5, 0.6) is 23.0 Å². The number of ether oxygens (including phenoxy) is 4. The van der Waals surface area contributed by atoms with E-state index < -0.39 is 22.5 Å². The summed E-state index contributed by atoms with van der Waals surface area (Å²) in [6, 6.07) is 15.3. The normalized spacial score (nSPS) is 11.0. The van der Waals surface area contributed by atoms with E-state index in [0.29, 0.717) is 28.6 Å². The van der Waals surface area contributed by atoms with Crippen molar-refractivity contribution in [3.05, 3.63) is 72.0 Å². The average Bonchev–Trinajstić information content (AvgIpc) is 2.95. The van der Waals surface area contributed by atoms with Crippen LogP contribution in [0.15, 0.2) is 65.6 Å². The molecule has 3 aromatic rings. The van der Waals surface area contributed by atoms with Gasteiger partial charge in [0.05, 0.1) is 39.0 Å². The van der Waals surface area contributed by atoms with Crippen LogP contribution in [0.2, 0.25) is 0 Å². The van der Waals surface area contributed by atoms with Crippen molar-refractivity contribution in [3.63, 3.8) is 0 Å². The minimum absolute atomic E-state index is 0.113. The lowest BCUT2D eigenvalue weighted by Gasteiger charge is -2.26. The Bertz CT molecular complexity index is 1390. The molecule has 9 nitrogen and oxygen atoms in total. The first-order valence-electron chi connectivity index (χ1n) is 11.8. The third kappa shape index (κ3) is 7.48. The van der Waals surface area contributed by atoms with Crippen LogP contribution in [0.1, 0.15) is 5.56 Å². The maximum atomic E-state index is 13.9. The molecule has 0 bridgehead atoms. The van der Waals surface area contributed by atoms with Crippen LogP contribution in [-0.2, 0) is 20.6 Å². The Balaban J connectivity index is 1.83. The van der Waals surface area contributed by atoms with Crippen molar-refractivity contribution in [1.82, 2.24) is 5.32 Å². The fraction of sp³-hybridized carbons (Fsp3) is 0.296. The van der Waals surface area contributed by atoms with Crippen molar-refractivity contribution < 1.29 is 36.6 Å². The molecule has 210 valence electrons. The first-order valence-corrected chi connectivity index (χ1v) is 14.4. The quantitative estimate of drug-likeness (QED) is 0.285. The van der Waals surface area contributed by atoms with Gasteiger partial charge in [-0.2, -0.15) is 11.8 Å². The SMILES string of the molecule is COc1ccc(OC)c(N(CC(=O)NCCSCc2ccccc2F)S(=O)(=O)c2ccc(OC)c(OC)c2)c1. The van der Waals surface area contributed by atoms with Gasteiger partial charge in [0.15, 0.2) is 11.5 Å². The molecule has 0 spiro atoms. The zero-order valence-corrected chi connectivity index (χ0v) is 23.7. The Morgan fingerprint density at radius 3 is 2.26 bits per heavy atom. The summed E-state index contributed by atoms with van der Waals surface area (Å²) in [4.78, 5) is 12.9. The summed E-state index contributed by atoms with van der Waals surface area (Å²) < 4.78 is 63.7. The number of thioether (sulfide) groups is 1. The van der Waals surface area contributed by atoms with Gasteiger partial charge in [0.2, 0.25) is 5.91 Å². The smallest absolute Gasteiger partial charge is 0.265 e. The molecule has 0 heterocycles. The van der Waals surface area contributed by atoms with Gasteiger partial charge in [-0.15, -0.1) is 0 Å². The summed E-state index contributed by atoms with van der Waals surface area (Å²) in [7, 11) is 1.41. The Hall–Kier alpha value is -3.64. The van der Waals surface area contributed by atoms with Gasteiger partial charge in [0.25, 0.3) is 10.0 Å². The second-order valence-electron chi connectivity index (χ2n) is 8.06. The van der Waals surface area contributed by atoms with Crippen molar-refractivity contribution in [2.45, 2.75) is 10.6 Å². The maximum Gasteiger partial charge on any atom is 0.265 e. The molecule has 3 rings (SSSR count). The van der Waals surface area contributed by atoms with Gasteiger partial charge in [-0.3, -0.25) is 9.10 Å². The average molecular weight is 579 g/mol. The number of benzene rings is 3. The largest absolute Gasteiger partial charge is 0.497 e. The number of rotatable bonds is 14. The number of hydrogen-bond acceptors (Lipinski definition) is 8. The lowest BCUT2D eigenvalue weighted by Crippen LogP contribution is -2.41. The Labute approximate surface area is 232 Å². The molecule has 0 saturated carbocycles. The highest BCUT2D eigenvalue weighted by Crippen LogP contribution is 2.37. The number of methoxy groups -OCH3 is 4. The number of carbonyl (C=O) groups is 1. The third-order valence-corrected chi connectivity index (χ3v) is 8.43. The first kappa shape index (κ1) is 29.9. The maximum absolute atomic E-state index is 13.9. The van der Waals surface area contributed by atoms with E-state index in [4.69, 9.17) is 18.9 Å². The van der Waals surface area contributed by atoms with Crippen molar-refractivity contribution in [1.29, 1.82) is 0 Å². The Morgan fingerprint density at radius 1 is 0.897 bits per heavy atom. The molecule has 0 fully saturated rings.